The van der Waals surface area contributed by atoms with Crippen molar-refractivity contribution in [2.45, 2.75) is 39.3 Å². The Bertz CT molecular complexity index is 592. The summed E-state index contributed by atoms with van der Waals surface area (Å²) in [6, 6.07) is 8.32. The third-order valence-electron chi connectivity index (χ3n) is 3.39. The summed E-state index contributed by atoms with van der Waals surface area (Å²) in [7, 11) is 0. The summed E-state index contributed by atoms with van der Waals surface area (Å²) in [6.45, 7) is 4.65. The lowest BCUT2D eigenvalue weighted by molar-refractivity contribution is -0.122. The van der Waals surface area contributed by atoms with E-state index in [-0.39, 0.29) is 11.9 Å². The molecule has 1 atom stereocenters. The highest BCUT2D eigenvalue weighted by molar-refractivity contribution is 6.30. The molecule has 0 spiro atoms. The molecule has 0 saturated heterocycles. The fourth-order valence-electron chi connectivity index (χ4n) is 2.16. The number of carbonyl (C=O) groups excluding carboxylic acids is 1. The van der Waals surface area contributed by atoms with Gasteiger partial charge >= 0.3 is 0 Å². The molecule has 0 bridgehead atoms. The van der Waals surface area contributed by atoms with E-state index >= 15 is 0 Å². The first kappa shape index (κ1) is 15.6. The summed E-state index contributed by atoms with van der Waals surface area (Å²) in [5, 5.41) is 7.71. The number of nitrogens with one attached hydrogen (secondary N) is 1. The standard InChI is InChI=1S/C16H20ClN3O/c1-3-15(13-6-4-12(2)5-7-13)19-16(21)8-9-20-11-14(17)10-18-20/h4-7,10-11,15H,3,8-9H2,1-2H3,(H,19,21). The summed E-state index contributed by atoms with van der Waals surface area (Å²) in [6.07, 6.45) is 4.54. The van der Waals surface area contributed by atoms with Gasteiger partial charge in [0.05, 0.1) is 17.3 Å². The van der Waals surface area contributed by atoms with Crippen molar-refractivity contribution in [1.29, 1.82) is 0 Å². The van der Waals surface area contributed by atoms with Crippen LogP contribution < -0.4 is 5.32 Å². The van der Waals surface area contributed by atoms with Gasteiger partial charge in [0.15, 0.2) is 0 Å². The van der Waals surface area contributed by atoms with E-state index in [1.807, 2.05) is 0 Å². The minimum absolute atomic E-state index is 0.0223. The third-order valence-corrected chi connectivity index (χ3v) is 3.59. The van der Waals surface area contributed by atoms with Crippen LogP contribution in [-0.2, 0) is 11.3 Å². The molecule has 1 unspecified atom stereocenters. The van der Waals surface area contributed by atoms with Crippen molar-refractivity contribution in [2.75, 3.05) is 0 Å². The van der Waals surface area contributed by atoms with Crippen molar-refractivity contribution in [3.63, 3.8) is 0 Å². The molecular formula is C16H20ClN3O. The van der Waals surface area contributed by atoms with Crippen molar-refractivity contribution >= 4 is 17.5 Å². The summed E-state index contributed by atoms with van der Waals surface area (Å²) in [5.74, 6) is 0.0223. The van der Waals surface area contributed by atoms with Crippen LogP contribution in [0.25, 0.3) is 0 Å². The molecule has 2 rings (SSSR count). The minimum atomic E-state index is 0.0223. The van der Waals surface area contributed by atoms with Gasteiger partial charge in [0.1, 0.15) is 0 Å². The highest BCUT2D eigenvalue weighted by Crippen LogP contribution is 2.17. The fraction of sp³-hybridized carbons (Fsp3) is 0.375. The van der Waals surface area contributed by atoms with Gasteiger partial charge in [0.2, 0.25) is 5.91 Å². The topological polar surface area (TPSA) is 46.9 Å². The lowest BCUT2D eigenvalue weighted by Gasteiger charge is -2.17. The molecule has 112 valence electrons. The van der Waals surface area contributed by atoms with E-state index in [4.69, 9.17) is 11.6 Å². The van der Waals surface area contributed by atoms with Crippen molar-refractivity contribution in [3.05, 3.63) is 52.8 Å². The van der Waals surface area contributed by atoms with Crippen LogP contribution in [0.5, 0.6) is 0 Å². The van der Waals surface area contributed by atoms with Crippen molar-refractivity contribution in [1.82, 2.24) is 15.1 Å². The Labute approximate surface area is 130 Å². The predicted octanol–water partition coefficient (Wildman–Crippen LogP) is 3.50. The largest absolute Gasteiger partial charge is 0.349 e. The zero-order chi connectivity index (χ0) is 15.2. The first-order chi connectivity index (χ1) is 10.1. The fourth-order valence-corrected chi connectivity index (χ4v) is 2.32. The molecule has 1 aromatic carbocycles. The van der Waals surface area contributed by atoms with Gasteiger partial charge in [-0.25, -0.2) is 0 Å². The minimum Gasteiger partial charge on any atom is -0.349 e. The molecule has 0 aliphatic heterocycles. The zero-order valence-corrected chi connectivity index (χ0v) is 13.1. The second kappa shape index (κ2) is 7.27. The Kier molecular flexibility index (Phi) is 5.39. The zero-order valence-electron chi connectivity index (χ0n) is 12.3. The van der Waals surface area contributed by atoms with Crippen LogP contribution in [-0.4, -0.2) is 15.7 Å². The van der Waals surface area contributed by atoms with E-state index in [9.17, 15) is 4.79 Å². The van der Waals surface area contributed by atoms with E-state index in [2.05, 4.69) is 48.5 Å². The predicted molar refractivity (Wildman–Crippen MR) is 84.2 cm³/mol. The Morgan fingerprint density at radius 1 is 1.38 bits per heavy atom. The molecule has 2 aromatic rings. The monoisotopic (exact) mass is 305 g/mol. The Morgan fingerprint density at radius 3 is 2.67 bits per heavy atom. The number of carbonyl (C=O) groups is 1. The third kappa shape index (κ3) is 4.60. The van der Waals surface area contributed by atoms with Crippen LogP contribution in [0.15, 0.2) is 36.7 Å². The van der Waals surface area contributed by atoms with Gasteiger partial charge in [0.25, 0.3) is 0 Å². The first-order valence-corrected chi connectivity index (χ1v) is 7.50. The number of amides is 1. The van der Waals surface area contributed by atoms with Crippen LogP contribution in [0.3, 0.4) is 0 Å². The average molecular weight is 306 g/mol. The quantitative estimate of drug-likeness (QED) is 0.888. The molecule has 1 heterocycles. The smallest absolute Gasteiger partial charge is 0.222 e. The average Bonchev–Trinajstić information content (AvgIpc) is 2.89. The van der Waals surface area contributed by atoms with Crippen LogP contribution in [0.1, 0.15) is 36.9 Å². The van der Waals surface area contributed by atoms with Crippen LogP contribution in [0.2, 0.25) is 5.02 Å². The molecule has 0 aliphatic carbocycles. The Morgan fingerprint density at radius 2 is 2.10 bits per heavy atom. The van der Waals surface area contributed by atoms with Gasteiger partial charge in [0, 0.05) is 19.2 Å². The molecule has 1 amide bonds. The number of benzene rings is 1. The Hall–Kier alpha value is -1.81. The SMILES string of the molecule is CCC(NC(=O)CCn1cc(Cl)cn1)c1ccc(C)cc1. The molecule has 0 fully saturated rings. The maximum atomic E-state index is 12.0. The van der Waals surface area contributed by atoms with Gasteiger partial charge in [-0.3, -0.25) is 9.48 Å². The molecule has 4 nitrogen and oxygen atoms in total. The molecular weight excluding hydrogens is 286 g/mol. The molecule has 0 aliphatic rings. The highest BCUT2D eigenvalue weighted by atomic mass is 35.5. The molecule has 21 heavy (non-hydrogen) atoms. The number of hydrogen-bond donors (Lipinski definition) is 1. The van der Waals surface area contributed by atoms with E-state index in [0.717, 1.165) is 12.0 Å². The lowest BCUT2D eigenvalue weighted by Crippen LogP contribution is -2.28. The normalized spacial score (nSPS) is 12.1. The molecule has 1 aromatic heterocycles. The molecule has 5 heteroatoms. The van der Waals surface area contributed by atoms with Crippen molar-refractivity contribution in [2.24, 2.45) is 0 Å². The van der Waals surface area contributed by atoms with E-state index in [0.29, 0.717) is 18.0 Å². The second-order valence-electron chi connectivity index (χ2n) is 5.11. The van der Waals surface area contributed by atoms with Crippen molar-refractivity contribution < 1.29 is 4.79 Å². The molecule has 1 N–H and O–H groups in total. The van der Waals surface area contributed by atoms with Crippen LogP contribution >= 0.6 is 11.6 Å². The van der Waals surface area contributed by atoms with Crippen molar-refractivity contribution in [3.8, 4) is 0 Å². The first-order valence-electron chi connectivity index (χ1n) is 7.12. The number of hydrogen-bond acceptors (Lipinski definition) is 2. The molecule has 0 radical (unpaired) electrons. The number of aromatic nitrogens is 2. The summed E-state index contributed by atoms with van der Waals surface area (Å²) in [4.78, 5) is 12.0. The number of rotatable bonds is 6. The van der Waals surface area contributed by atoms with Gasteiger partial charge in [-0.05, 0) is 18.9 Å². The van der Waals surface area contributed by atoms with Gasteiger partial charge in [-0.15, -0.1) is 0 Å². The second-order valence-corrected chi connectivity index (χ2v) is 5.55. The maximum Gasteiger partial charge on any atom is 0.222 e. The summed E-state index contributed by atoms with van der Waals surface area (Å²) >= 11 is 5.79. The van der Waals surface area contributed by atoms with Gasteiger partial charge in [-0.2, -0.15) is 5.10 Å². The van der Waals surface area contributed by atoms with E-state index < -0.39 is 0 Å². The summed E-state index contributed by atoms with van der Waals surface area (Å²) < 4.78 is 1.68. The molecule has 0 saturated carbocycles. The highest BCUT2D eigenvalue weighted by Gasteiger charge is 2.12. The van der Waals surface area contributed by atoms with Crippen LogP contribution in [0.4, 0.5) is 0 Å². The number of aryl methyl sites for hydroxylation is 2. The van der Waals surface area contributed by atoms with Gasteiger partial charge < -0.3 is 5.32 Å². The van der Waals surface area contributed by atoms with Crippen LogP contribution in [0, 0.1) is 6.92 Å². The number of halogens is 1. The number of nitrogens with zero attached hydrogens (tertiary/aromatic N) is 2. The lowest BCUT2D eigenvalue weighted by atomic mass is 10.0. The van der Waals surface area contributed by atoms with Gasteiger partial charge in [-0.1, -0.05) is 48.4 Å². The van der Waals surface area contributed by atoms with E-state index in [1.165, 1.54) is 5.56 Å². The maximum absolute atomic E-state index is 12.0. The van der Waals surface area contributed by atoms with E-state index in [1.54, 1.807) is 17.1 Å². The summed E-state index contributed by atoms with van der Waals surface area (Å²) in [5.41, 5.74) is 2.36. The Balaban J connectivity index is 1.89.